The van der Waals surface area contributed by atoms with E-state index >= 15 is 0 Å². The number of carboxylic acids is 2. The number of aliphatic carboxylic acids is 1. The third-order valence-electron chi connectivity index (χ3n) is 8.01. The van der Waals surface area contributed by atoms with Gasteiger partial charge >= 0.3 is 11.9 Å². The Kier molecular flexibility index (Phi) is 9.57. The highest BCUT2D eigenvalue weighted by Gasteiger charge is 2.30. The molecule has 1 fully saturated rings. The Bertz CT molecular complexity index is 1500. The van der Waals surface area contributed by atoms with Crippen LogP contribution < -0.4 is 29.3 Å². The van der Waals surface area contributed by atoms with Crippen LogP contribution in [0.15, 0.2) is 12.1 Å². The molecule has 0 aliphatic carbocycles. The van der Waals surface area contributed by atoms with E-state index in [1.54, 1.807) is 28.3 Å². The third kappa shape index (κ3) is 6.74. The van der Waals surface area contributed by atoms with Crippen LogP contribution in [0.3, 0.4) is 0 Å². The van der Waals surface area contributed by atoms with Gasteiger partial charge in [0.15, 0.2) is 16.6 Å². The number of hydrogen-bond donors (Lipinski definition) is 3. The maximum absolute atomic E-state index is 11.6. The van der Waals surface area contributed by atoms with Crippen molar-refractivity contribution in [1.82, 2.24) is 15.0 Å². The number of thiazole rings is 1. The summed E-state index contributed by atoms with van der Waals surface area (Å²) in [6.07, 6.45) is 4.39. The van der Waals surface area contributed by atoms with E-state index in [2.05, 4.69) is 20.1 Å². The zero-order chi connectivity index (χ0) is 31.4. The number of aryl methyl sites for hydroxylation is 1. The van der Waals surface area contributed by atoms with Crippen molar-refractivity contribution in [3.63, 3.8) is 0 Å². The molecule has 44 heavy (non-hydrogen) atoms. The largest absolute Gasteiger partial charge is 0.493 e. The molecular formula is C30H38N6O7S. The van der Waals surface area contributed by atoms with Crippen molar-refractivity contribution in [2.24, 2.45) is 5.92 Å². The van der Waals surface area contributed by atoms with Gasteiger partial charge in [0, 0.05) is 38.2 Å². The number of rotatable bonds is 12. The molecule has 0 radical (unpaired) electrons. The molecule has 1 atom stereocenters. The number of piperidine rings is 1. The number of aromatic nitrogens is 3. The number of carbonyl (C=O) groups is 2. The molecule has 4 heterocycles. The lowest BCUT2D eigenvalue weighted by molar-refractivity contribution is -0.137. The maximum Gasteiger partial charge on any atom is 0.347 e. The highest BCUT2D eigenvalue weighted by Crippen LogP contribution is 2.41. The monoisotopic (exact) mass is 626 g/mol. The summed E-state index contributed by atoms with van der Waals surface area (Å²) in [6, 6.07) is 3.86. The Morgan fingerprint density at radius 2 is 1.75 bits per heavy atom. The number of hydrogen-bond acceptors (Lipinski definition) is 12. The molecule has 0 bridgehead atoms. The van der Waals surface area contributed by atoms with Crippen molar-refractivity contribution in [2.45, 2.75) is 52.0 Å². The van der Waals surface area contributed by atoms with E-state index in [1.807, 2.05) is 12.1 Å². The second-order valence-corrected chi connectivity index (χ2v) is 12.0. The van der Waals surface area contributed by atoms with Gasteiger partial charge in [-0.05, 0) is 62.6 Å². The van der Waals surface area contributed by atoms with E-state index < -0.39 is 11.9 Å². The lowest BCUT2D eigenvalue weighted by Gasteiger charge is -2.37. The lowest BCUT2D eigenvalue weighted by Crippen LogP contribution is -2.38. The molecule has 13 nitrogen and oxygen atoms in total. The highest BCUT2D eigenvalue weighted by atomic mass is 32.1. The fraction of sp³-hybridized carbons (Fsp3) is 0.500. The molecular weight excluding hydrogens is 588 g/mol. The van der Waals surface area contributed by atoms with Crippen molar-refractivity contribution in [3.05, 3.63) is 33.8 Å². The summed E-state index contributed by atoms with van der Waals surface area (Å²) in [7, 11) is 4.75. The second-order valence-electron chi connectivity index (χ2n) is 11.0. The number of nitrogens with zero attached hydrogens (tertiary/aromatic N) is 5. The summed E-state index contributed by atoms with van der Waals surface area (Å²) in [6.45, 7) is 4.47. The Morgan fingerprint density at radius 1 is 1.02 bits per heavy atom. The summed E-state index contributed by atoms with van der Waals surface area (Å²) in [5.41, 5.74) is 2.41. The van der Waals surface area contributed by atoms with Crippen LogP contribution in [0.25, 0.3) is 0 Å². The normalized spacial score (nSPS) is 16.3. The first kappa shape index (κ1) is 31.1. The van der Waals surface area contributed by atoms with Crippen molar-refractivity contribution < 1.29 is 34.0 Å². The predicted octanol–water partition coefficient (Wildman–Crippen LogP) is 4.74. The molecule has 236 valence electrons. The second kappa shape index (κ2) is 13.5. The third-order valence-corrected chi connectivity index (χ3v) is 9.07. The topological polar surface area (TPSA) is 159 Å². The van der Waals surface area contributed by atoms with Gasteiger partial charge in [0.25, 0.3) is 0 Å². The van der Waals surface area contributed by atoms with Crippen LogP contribution in [0.1, 0.15) is 58.6 Å². The van der Waals surface area contributed by atoms with E-state index in [-0.39, 0.29) is 17.2 Å². The molecule has 2 aliphatic heterocycles. The van der Waals surface area contributed by atoms with Crippen LogP contribution >= 0.6 is 11.3 Å². The van der Waals surface area contributed by atoms with Crippen molar-refractivity contribution in [2.75, 3.05) is 56.1 Å². The van der Waals surface area contributed by atoms with Gasteiger partial charge in [-0.1, -0.05) is 11.3 Å². The van der Waals surface area contributed by atoms with Gasteiger partial charge in [-0.15, -0.1) is 0 Å². The SMILES string of the molecule is COc1cc(CN2CCCc3c2nc(Nc2nc(C)c(C(=O)O)s2)nc3N2CCCC(CCC(=O)O)C2)cc(OC)c1OC. The van der Waals surface area contributed by atoms with Crippen LogP contribution in [0.4, 0.5) is 22.7 Å². The number of ether oxygens (including phenoxy) is 3. The van der Waals surface area contributed by atoms with Crippen LogP contribution in [0.2, 0.25) is 0 Å². The number of anilines is 4. The molecule has 3 aromatic rings. The minimum Gasteiger partial charge on any atom is -0.493 e. The summed E-state index contributed by atoms with van der Waals surface area (Å²) in [4.78, 5) is 41.8. The zero-order valence-electron chi connectivity index (χ0n) is 25.4. The first-order valence-electron chi connectivity index (χ1n) is 14.6. The maximum atomic E-state index is 11.6. The van der Waals surface area contributed by atoms with Gasteiger partial charge in [0.05, 0.1) is 27.0 Å². The molecule has 1 unspecified atom stereocenters. The number of methoxy groups -OCH3 is 3. The average Bonchev–Trinajstić information content (AvgIpc) is 3.39. The number of nitrogens with one attached hydrogen (secondary N) is 1. The standard InChI is InChI=1S/C30H38N6O7S/c1-17-25(28(39)40)44-30(31-17)34-29-32-26(35-11-5-7-18(15-35)9-10-23(37)38)20-8-6-12-36(27(20)33-29)16-19-13-21(41-2)24(43-4)22(14-19)42-3/h13-14,18H,5-12,15-16H2,1-4H3,(H,37,38)(H,39,40)(H,31,32,33,34). The molecule has 14 heteroatoms. The van der Waals surface area contributed by atoms with Gasteiger partial charge < -0.3 is 34.2 Å². The van der Waals surface area contributed by atoms with Crippen molar-refractivity contribution in [1.29, 1.82) is 0 Å². The highest BCUT2D eigenvalue weighted by molar-refractivity contribution is 7.17. The summed E-state index contributed by atoms with van der Waals surface area (Å²) < 4.78 is 16.7. The van der Waals surface area contributed by atoms with E-state index in [0.29, 0.717) is 53.5 Å². The van der Waals surface area contributed by atoms with Gasteiger partial charge in [-0.25, -0.2) is 9.78 Å². The van der Waals surface area contributed by atoms with Crippen LogP contribution in [-0.4, -0.2) is 78.1 Å². The smallest absolute Gasteiger partial charge is 0.347 e. The van der Waals surface area contributed by atoms with Gasteiger partial charge in [-0.2, -0.15) is 9.97 Å². The molecule has 1 aromatic carbocycles. The number of benzene rings is 1. The number of carboxylic acid groups (broad SMARTS) is 2. The van der Waals surface area contributed by atoms with E-state index in [4.69, 9.17) is 24.2 Å². The first-order chi connectivity index (χ1) is 21.2. The summed E-state index contributed by atoms with van der Waals surface area (Å²) >= 11 is 1.04. The van der Waals surface area contributed by atoms with E-state index in [0.717, 1.165) is 72.9 Å². The van der Waals surface area contributed by atoms with Gasteiger partial charge in [-0.3, -0.25) is 10.1 Å². The van der Waals surface area contributed by atoms with E-state index in [9.17, 15) is 19.8 Å². The fourth-order valence-electron chi connectivity index (χ4n) is 5.98. The lowest BCUT2D eigenvalue weighted by atomic mass is 9.93. The quantitative estimate of drug-likeness (QED) is 0.253. The van der Waals surface area contributed by atoms with Crippen molar-refractivity contribution >= 4 is 46.0 Å². The molecule has 0 spiro atoms. The molecule has 0 saturated carbocycles. The minimum atomic E-state index is -1.03. The Balaban J connectivity index is 1.53. The molecule has 1 saturated heterocycles. The molecule has 2 aromatic heterocycles. The zero-order valence-corrected chi connectivity index (χ0v) is 26.2. The first-order valence-corrected chi connectivity index (χ1v) is 15.4. The van der Waals surface area contributed by atoms with Crippen molar-refractivity contribution in [3.8, 4) is 17.2 Å². The summed E-state index contributed by atoms with van der Waals surface area (Å²) in [5, 5.41) is 22.4. The van der Waals surface area contributed by atoms with Crippen LogP contribution in [-0.2, 0) is 17.8 Å². The fourth-order valence-corrected chi connectivity index (χ4v) is 6.78. The van der Waals surface area contributed by atoms with Crippen LogP contribution in [0.5, 0.6) is 17.2 Å². The Hall–Kier alpha value is -4.33. The predicted molar refractivity (Wildman–Crippen MR) is 166 cm³/mol. The number of aromatic carboxylic acids is 1. The van der Waals surface area contributed by atoms with Gasteiger partial charge in [0.1, 0.15) is 16.5 Å². The average molecular weight is 627 g/mol. The Morgan fingerprint density at radius 3 is 2.39 bits per heavy atom. The van der Waals surface area contributed by atoms with E-state index in [1.165, 1.54) is 0 Å². The minimum absolute atomic E-state index is 0.144. The van der Waals surface area contributed by atoms with Crippen LogP contribution in [0, 0.1) is 12.8 Å². The molecule has 5 rings (SSSR count). The number of fused-ring (bicyclic) bond motifs is 1. The molecule has 2 aliphatic rings. The molecule has 0 amide bonds. The molecule has 3 N–H and O–H groups in total. The van der Waals surface area contributed by atoms with Gasteiger partial charge in [0.2, 0.25) is 11.7 Å². The summed E-state index contributed by atoms with van der Waals surface area (Å²) in [5.74, 6) is 2.03. The Labute approximate surface area is 259 Å².